The summed E-state index contributed by atoms with van der Waals surface area (Å²) in [5.74, 6) is -1.41. The summed E-state index contributed by atoms with van der Waals surface area (Å²) < 4.78 is 0. The zero-order valence-electron chi connectivity index (χ0n) is 20.6. The molecule has 2 aromatic carbocycles. The van der Waals surface area contributed by atoms with Gasteiger partial charge in [-0.05, 0) is 30.4 Å². The summed E-state index contributed by atoms with van der Waals surface area (Å²) >= 11 is 0. The van der Waals surface area contributed by atoms with Crippen LogP contribution >= 0.6 is 0 Å². The lowest BCUT2D eigenvalue weighted by molar-refractivity contribution is -0.394. The first-order valence-corrected chi connectivity index (χ1v) is 11.5. The molecule has 0 saturated heterocycles. The Morgan fingerprint density at radius 3 is 1.95 bits per heavy atom. The Bertz CT molecular complexity index is 1390. The monoisotopic (exact) mass is 525 g/mol. The van der Waals surface area contributed by atoms with E-state index in [1.54, 1.807) is 0 Å². The fourth-order valence-corrected chi connectivity index (χ4v) is 5.51. The molecular formula is C24H23N5O9. The molecule has 0 heterocycles. The third-order valence-corrected chi connectivity index (χ3v) is 8.30. The Balaban J connectivity index is 1.59. The van der Waals surface area contributed by atoms with Crippen LogP contribution in [-0.4, -0.2) is 32.4 Å². The fraction of sp³-hybridized carbons (Fsp3) is 0.375. The normalized spacial score (nSPS) is 24.1. The molecule has 0 aromatic heterocycles. The zero-order valence-corrected chi connectivity index (χ0v) is 20.6. The van der Waals surface area contributed by atoms with Gasteiger partial charge in [-0.3, -0.25) is 35.1 Å². The first-order chi connectivity index (χ1) is 17.7. The van der Waals surface area contributed by atoms with E-state index in [9.17, 15) is 39.9 Å². The van der Waals surface area contributed by atoms with Crippen LogP contribution in [0.4, 0.5) is 22.7 Å². The van der Waals surface area contributed by atoms with Gasteiger partial charge in [0.25, 0.3) is 17.1 Å². The number of anilines is 1. The van der Waals surface area contributed by atoms with E-state index < -0.39 is 53.9 Å². The van der Waals surface area contributed by atoms with Gasteiger partial charge in [-0.1, -0.05) is 25.9 Å². The summed E-state index contributed by atoms with van der Waals surface area (Å²) in [6.07, 6.45) is 1.25. The molecule has 2 saturated carbocycles. The van der Waals surface area contributed by atoms with Crippen molar-refractivity contribution in [2.24, 2.45) is 21.4 Å². The second-order valence-corrected chi connectivity index (χ2v) is 10.1. The van der Waals surface area contributed by atoms with E-state index in [2.05, 4.69) is 10.5 Å². The fourth-order valence-electron chi connectivity index (χ4n) is 5.51. The molecule has 198 valence electrons. The first kappa shape index (κ1) is 26.3. The summed E-state index contributed by atoms with van der Waals surface area (Å²) in [6, 6.07) is 7.92. The molecule has 0 radical (unpaired) electrons. The molecule has 2 aromatic rings. The number of benzene rings is 2. The van der Waals surface area contributed by atoms with E-state index >= 15 is 0 Å². The standard InChI is InChI=1S/C24H23N5O9/c1-22(2)23(3)8-9-24(22,21(31)25-15-4-6-16(7-5-15)27(32)33)13-19(23)26-38-20(30)14-10-17(28(34)35)12-18(11-14)29(36)37/h4-7,10-12H,8-9,13H2,1-3H3,(H,25,31)/b26-19+. The third kappa shape index (κ3) is 4.03. The summed E-state index contributed by atoms with van der Waals surface area (Å²) in [6.45, 7) is 5.75. The minimum atomic E-state index is -1.11. The third-order valence-electron chi connectivity index (χ3n) is 8.30. The Morgan fingerprint density at radius 2 is 1.42 bits per heavy atom. The van der Waals surface area contributed by atoms with Crippen molar-refractivity contribution >= 4 is 40.3 Å². The molecule has 0 aliphatic heterocycles. The van der Waals surface area contributed by atoms with Gasteiger partial charge in [-0.15, -0.1) is 0 Å². The van der Waals surface area contributed by atoms with E-state index in [-0.39, 0.29) is 18.0 Å². The molecule has 38 heavy (non-hydrogen) atoms. The van der Waals surface area contributed by atoms with E-state index in [1.807, 2.05) is 20.8 Å². The van der Waals surface area contributed by atoms with Crippen molar-refractivity contribution < 1.29 is 29.2 Å². The average molecular weight is 525 g/mol. The smallest absolute Gasteiger partial charge is 0.326 e. The minimum absolute atomic E-state index is 0.110. The van der Waals surface area contributed by atoms with Crippen molar-refractivity contribution in [3.8, 4) is 0 Å². The lowest BCUT2D eigenvalue weighted by atomic mass is 9.64. The highest BCUT2D eigenvalue weighted by atomic mass is 16.7. The van der Waals surface area contributed by atoms with Gasteiger partial charge in [0.05, 0.1) is 37.5 Å². The van der Waals surface area contributed by atoms with Gasteiger partial charge in [-0.2, -0.15) is 0 Å². The maximum atomic E-state index is 13.5. The number of nitro benzene ring substituents is 3. The molecule has 2 bridgehead atoms. The molecule has 2 aliphatic rings. The van der Waals surface area contributed by atoms with Crippen molar-refractivity contribution in [3.05, 3.63) is 78.4 Å². The highest BCUT2D eigenvalue weighted by Crippen LogP contribution is 2.71. The predicted molar refractivity (Wildman–Crippen MR) is 132 cm³/mol. The molecular weight excluding hydrogens is 502 g/mol. The maximum Gasteiger partial charge on any atom is 0.366 e. The van der Waals surface area contributed by atoms with Crippen molar-refractivity contribution in [3.63, 3.8) is 0 Å². The summed E-state index contributed by atoms with van der Waals surface area (Å²) in [5, 5.41) is 40.0. The number of oxime groups is 1. The second-order valence-electron chi connectivity index (χ2n) is 10.1. The van der Waals surface area contributed by atoms with E-state index in [1.165, 1.54) is 24.3 Å². The van der Waals surface area contributed by atoms with E-state index in [0.29, 0.717) is 24.2 Å². The lowest BCUT2D eigenvalue weighted by Crippen LogP contribution is -2.43. The number of fused-ring (bicyclic) bond motifs is 2. The van der Waals surface area contributed by atoms with Gasteiger partial charge in [0.2, 0.25) is 5.91 Å². The Hall–Kier alpha value is -4.75. The van der Waals surface area contributed by atoms with Crippen LogP contribution in [0.2, 0.25) is 0 Å². The number of carbonyl (C=O) groups excluding carboxylic acids is 2. The van der Waals surface area contributed by atoms with Crippen LogP contribution in [0.15, 0.2) is 47.6 Å². The lowest BCUT2D eigenvalue weighted by Gasteiger charge is -2.39. The molecule has 14 heteroatoms. The highest BCUT2D eigenvalue weighted by Gasteiger charge is 2.71. The molecule has 2 aliphatic carbocycles. The number of nitrogens with zero attached hydrogens (tertiary/aromatic N) is 4. The van der Waals surface area contributed by atoms with Crippen molar-refractivity contribution in [2.75, 3.05) is 5.32 Å². The van der Waals surface area contributed by atoms with Gasteiger partial charge in [0.15, 0.2) is 0 Å². The van der Waals surface area contributed by atoms with Crippen molar-refractivity contribution in [1.29, 1.82) is 0 Å². The number of hydrogen-bond donors (Lipinski definition) is 1. The number of rotatable bonds is 7. The predicted octanol–water partition coefficient (Wildman–Crippen LogP) is 4.78. The Kier molecular flexibility index (Phi) is 6.21. The van der Waals surface area contributed by atoms with Crippen LogP contribution < -0.4 is 5.32 Å². The van der Waals surface area contributed by atoms with Gasteiger partial charge in [0.1, 0.15) is 0 Å². The average Bonchev–Trinajstić information content (AvgIpc) is 3.18. The highest BCUT2D eigenvalue weighted by molar-refractivity contribution is 6.06. The van der Waals surface area contributed by atoms with E-state index in [4.69, 9.17) is 4.84 Å². The molecule has 4 rings (SSSR count). The Labute approximate surface area is 215 Å². The second kappa shape index (κ2) is 8.97. The number of hydrogen-bond acceptors (Lipinski definition) is 10. The quantitative estimate of drug-likeness (QED) is 0.300. The van der Waals surface area contributed by atoms with E-state index in [0.717, 1.165) is 18.2 Å². The molecule has 1 N–H and O–H groups in total. The van der Waals surface area contributed by atoms with Gasteiger partial charge in [0, 0.05) is 41.8 Å². The molecule has 1 amide bonds. The van der Waals surface area contributed by atoms with Crippen molar-refractivity contribution in [1.82, 2.24) is 0 Å². The number of amides is 1. The van der Waals surface area contributed by atoms with Crippen LogP contribution in [0, 0.1) is 46.6 Å². The Morgan fingerprint density at radius 1 is 0.868 bits per heavy atom. The van der Waals surface area contributed by atoms with Crippen LogP contribution in [0.3, 0.4) is 0 Å². The summed E-state index contributed by atoms with van der Waals surface area (Å²) in [4.78, 5) is 62.2. The van der Waals surface area contributed by atoms with Gasteiger partial charge < -0.3 is 10.2 Å². The summed E-state index contributed by atoms with van der Waals surface area (Å²) in [7, 11) is 0. The van der Waals surface area contributed by atoms with Crippen LogP contribution in [-0.2, 0) is 9.63 Å². The minimum Gasteiger partial charge on any atom is -0.326 e. The SMILES string of the molecule is CC12CCC(C(=O)Nc3ccc([N+](=O)[O-])cc3)(C/C1=N\OC(=O)c1cc([N+](=O)[O-])cc([N+](=O)[O-])c1)C2(C)C. The van der Waals surface area contributed by atoms with Gasteiger partial charge in [-0.25, -0.2) is 4.79 Å². The number of nitrogens with one attached hydrogen (secondary N) is 1. The number of non-ortho nitro benzene ring substituents is 3. The van der Waals surface area contributed by atoms with Crippen LogP contribution in [0.1, 0.15) is 50.4 Å². The molecule has 2 unspecified atom stereocenters. The van der Waals surface area contributed by atoms with Crippen LogP contribution in [0.25, 0.3) is 0 Å². The maximum absolute atomic E-state index is 13.5. The number of nitro groups is 3. The zero-order chi connectivity index (χ0) is 28.0. The largest absolute Gasteiger partial charge is 0.366 e. The first-order valence-electron chi connectivity index (χ1n) is 11.5. The molecule has 2 atom stereocenters. The summed E-state index contributed by atoms with van der Waals surface area (Å²) in [5.41, 5.74) is -3.14. The van der Waals surface area contributed by atoms with Crippen LogP contribution in [0.5, 0.6) is 0 Å². The van der Waals surface area contributed by atoms with Crippen molar-refractivity contribution in [2.45, 2.75) is 40.0 Å². The van der Waals surface area contributed by atoms with Gasteiger partial charge >= 0.3 is 5.97 Å². The number of carbonyl (C=O) groups is 2. The molecule has 2 fully saturated rings. The molecule has 0 spiro atoms. The topological polar surface area (TPSA) is 197 Å². The molecule has 14 nitrogen and oxygen atoms in total.